The highest BCUT2D eigenvalue weighted by atomic mass is 19.1. The zero-order valence-corrected chi connectivity index (χ0v) is 17.0. The summed E-state index contributed by atoms with van der Waals surface area (Å²) in [6.07, 6.45) is 1.49. The van der Waals surface area contributed by atoms with Crippen molar-refractivity contribution in [2.24, 2.45) is 0 Å². The maximum Gasteiger partial charge on any atom is 0.251 e. The summed E-state index contributed by atoms with van der Waals surface area (Å²) in [7, 11) is 0. The van der Waals surface area contributed by atoms with Gasteiger partial charge in [-0.25, -0.2) is 4.39 Å². The number of hydrogen-bond donors (Lipinski definition) is 1. The molecule has 0 unspecified atom stereocenters. The third-order valence-corrected chi connectivity index (χ3v) is 6.48. The molecule has 3 aromatic carbocycles. The van der Waals surface area contributed by atoms with E-state index in [9.17, 15) is 14.0 Å². The predicted octanol–water partition coefficient (Wildman–Crippen LogP) is 4.52. The normalized spacial score (nSPS) is 16.5. The fourth-order valence-corrected chi connectivity index (χ4v) is 4.65. The number of rotatable bonds is 4. The molecule has 2 aliphatic rings. The summed E-state index contributed by atoms with van der Waals surface area (Å²) in [5.74, 6) is -0.550. The van der Waals surface area contributed by atoms with Crippen molar-refractivity contribution in [1.82, 2.24) is 5.32 Å². The zero-order valence-electron chi connectivity index (χ0n) is 17.0. The van der Waals surface area contributed by atoms with Crippen molar-refractivity contribution in [2.45, 2.75) is 18.3 Å². The molecule has 1 aliphatic carbocycles. The molecule has 3 aromatic rings. The maximum atomic E-state index is 13.4. The molecule has 1 saturated heterocycles. The van der Waals surface area contributed by atoms with Crippen molar-refractivity contribution >= 4 is 11.7 Å². The minimum absolute atomic E-state index is 0.0486. The first-order valence-electron chi connectivity index (χ1n) is 10.5. The molecule has 1 N–H and O–H groups in total. The van der Waals surface area contributed by atoms with Gasteiger partial charge in [-0.15, -0.1) is 0 Å². The van der Waals surface area contributed by atoms with E-state index in [1.165, 1.54) is 12.1 Å². The molecule has 5 heteroatoms. The van der Waals surface area contributed by atoms with Crippen LogP contribution in [0.15, 0.2) is 66.7 Å². The number of amides is 1. The highest BCUT2D eigenvalue weighted by Crippen LogP contribution is 2.37. The number of hydrogen-bond acceptors (Lipinski definition) is 3. The molecular formula is C26H22FNO3. The Morgan fingerprint density at radius 3 is 2.32 bits per heavy atom. The molecule has 0 atom stereocenters. The van der Waals surface area contributed by atoms with E-state index in [1.54, 1.807) is 24.3 Å². The summed E-state index contributed by atoms with van der Waals surface area (Å²) < 4.78 is 19.0. The van der Waals surface area contributed by atoms with Gasteiger partial charge >= 0.3 is 0 Å². The van der Waals surface area contributed by atoms with E-state index in [0.29, 0.717) is 36.4 Å². The van der Waals surface area contributed by atoms with Gasteiger partial charge in [0.15, 0.2) is 5.78 Å². The third kappa shape index (κ3) is 3.45. The number of ether oxygens (including phenoxy) is 1. The summed E-state index contributed by atoms with van der Waals surface area (Å²) in [5.41, 5.74) is 4.17. The van der Waals surface area contributed by atoms with Crippen molar-refractivity contribution in [3.63, 3.8) is 0 Å². The second-order valence-corrected chi connectivity index (χ2v) is 8.22. The molecule has 1 fully saturated rings. The van der Waals surface area contributed by atoms with Crippen LogP contribution in [-0.4, -0.2) is 31.4 Å². The molecule has 1 amide bonds. The minimum Gasteiger partial charge on any atom is -0.381 e. The van der Waals surface area contributed by atoms with Crippen LogP contribution in [0.4, 0.5) is 4.39 Å². The van der Waals surface area contributed by atoms with E-state index in [2.05, 4.69) is 5.32 Å². The van der Waals surface area contributed by atoms with Crippen LogP contribution in [0.2, 0.25) is 0 Å². The van der Waals surface area contributed by atoms with Crippen molar-refractivity contribution in [2.75, 3.05) is 19.8 Å². The highest BCUT2D eigenvalue weighted by molar-refractivity contribution is 6.22. The van der Waals surface area contributed by atoms with Crippen LogP contribution < -0.4 is 5.32 Å². The molecule has 31 heavy (non-hydrogen) atoms. The van der Waals surface area contributed by atoms with Crippen LogP contribution in [-0.2, 0) is 10.2 Å². The fourth-order valence-electron chi connectivity index (χ4n) is 4.65. The first kappa shape index (κ1) is 19.6. The summed E-state index contributed by atoms with van der Waals surface area (Å²) >= 11 is 0. The third-order valence-electron chi connectivity index (χ3n) is 6.48. The lowest BCUT2D eigenvalue weighted by Crippen LogP contribution is -2.44. The number of halogens is 1. The monoisotopic (exact) mass is 415 g/mol. The lowest BCUT2D eigenvalue weighted by molar-refractivity contribution is 0.0487. The molecule has 156 valence electrons. The van der Waals surface area contributed by atoms with Gasteiger partial charge in [-0.1, -0.05) is 42.5 Å². The summed E-state index contributed by atoms with van der Waals surface area (Å²) in [6.45, 7) is 1.61. The molecule has 1 heterocycles. The molecule has 0 saturated carbocycles. The van der Waals surface area contributed by atoms with Crippen molar-refractivity contribution in [3.8, 4) is 11.1 Å². The van der Waals surface area contributed by atoms with Crippen LogP contribution in [0.1, 0.15) is 44.7 Å². The van der Waals surface area contributed by atoms with Gasteiger partial charge in [-0.2, -0.15) is 0 Å². The second-order valence-electron chi connectivity index (χ2n) is 8.22. The van der Waals surface area contributed by atoms with Gasteiger partial charge in [-0.05, 0) is 53.8 Å². The van der Waals surface area contributed by atoms with Gasteiger partial charge in [0.2, 0.25) is 0 Å². The lowest BCUT2D eigenvalue weighted by Gasteiger charge is -2.38. The highest BCUT2D eigenvalue weighted by Gasteiger charge is 2.35. The Morgan fingerprint density at radius 2 is 1.58 bits per heavy atom. The molecule has 5 rings (SSSR count). The molecule has 0 aromatic heterocycles. The molecule has 0 spiro atoms. The first-order valence-corrected chi connectivity index (χ1v) is 10.5. The Kier molecular flexibility index (Phi) is 4.91. The average Bonchev–Trinajstić information content (AvgIpc) is 3.10. The predicted molar refractivity (Wildman–Crippen MR) is 116 cm³/mol. The van der Waals surface area contributed by atoms with Crippen LogP contribution in [0.5, 0.6) is 0 Å². The van der Waals surface area contributed by atoms with Crippen LogP contribution in [0.3, 0.4) is 0 Å². The fraction of sp³-hybridized carbons (Fsp3) is 0.231. The number of ketones is 1. The second kappa shape index (κ2) is 7.75. The average molecular weight is 415 g/mol. The SMILES string of the molecule is O=C(NCC1(c2ccc(F)cc2)CCOCC1)c1ccc2c(c1)C(=O)c1ccccc1-2. The lowest BCUT2D eigenvalue weighted by atomic mass is 9.74. The summed E-state index contributed by atoms with van der Waals surface area (Å²) in [4.78, 5) is 25.7. The maximum absolute atomic E-state index is 13.4. The number of fused-ring (bicyclic) bond motifs is 3. The van der Waals surface area contributed by atoms with Gasteiger partial charge in [-0.3, -0.25) is 9.59 Å². The van der Waals surface area contributed by atoms with Crippen molar-refractivity contribution < 1.29 is 18.7 Å². The molecule has 1 aliphatic heterocycles. The van der Waals surface area contributed by atoms with Gasteiger partial charge in [0.25, 0.3) is 5.91 Å². The van der Waals surface area contributed by atoms with Gasteiger partial charge < -0.3 is 10.1 Å². The van der Waals surface area contributed by atoms with Gasteiger partial charge in [0.1, 0.15) is 5.82 Å². The van der Waals surface area contributed by atoms with E-state index in [1.807, 2.05) is 30.3 Å². The van der Waals surface area contributed by atoms with Crippen LogP contribution >= 0.6 is 0 Å². The first-order chi connectivity index (χ1) is 15.1. The van der Waals surface area contributed by atoms with E-state index < -0.39 is 0 Å². The Morgan fingerprint density at radius 1 is 0.903 bits per heavy atom. The Labute approximate surface area is 180 Å². The van der Waals surface area contributed by atoms with E-state index in [-0.39, 0.29) is 22.9 Å². The van der Waals surface area contributed by atoms with Gasteiger partial charge in [0.05, 0.1) is 0 Å². The smallest absolute Gasteiger partial charge is 0.251 e. The number of carbonyl (C=O) groups is 2. The number of nitrogens with one attached hydrogen (secondary N) is 1. The van der Waals surface area contributed by atoms with Crippen LogP contribution in [0, 0.1) is 5.82 Å². The zero-order chi connectivity index (χ0) is 21.4. The van der Waals surface area contributed by atoms with Crippen molar-refractivity contribution in [3.05, 3.63) is 94.8 Å². The largest absolute Gasteiger partial charge is 0.381 e. The topological polar surface area (TPSA) is 55.4 Å². The van der Waals surface area contributed by atoms with Crippen molar-refractivity contribution in [1.29, 1.82) is 0 Å². The van der Waals surface area contributed by atoms with Crippen LogP contribution in [0.25, 0.3) is 11.1 Å². The summed E-state index contributed by atoms with van der Waals surface area (Å²) in [6, 6.07) is 19.3. The van der Waals surface area contributed by atoms with E-state index >= 15 is 0 Å². The Balaban J connectivity index is 1.38. The molecular weight excluding hydrogens is 393 g/mol. The quantitative estimate of drug-likeness (QED) is 0.533. The molecule has 4 nitrogen and oxygen atoms in total. The standard InChI is InChI=1S/C26H22FNO3/c27-19-8-6-18(7-9-19)26(11-13-31-14-12-26)16-28-25(30)17-5-10-21-20-3-1-2-4-22(20)24(29)23(21)15-17/h1-10,15H,11-14,16H2,(H,28,30). The Hall–Kier alpha value is -3.31. The van der Waals surface area contributed by atoms with E-state index in [0.717, 1.165) is 29.5 Å². The van der Waals surface area contributed by atoms with Gasteiger partial charge in [0, 0.05) is 41.9 Å². The summed E-state index contributed by atoms with van der Waals surface area (Å²) in [5, 5.41) is 3.05. The Bertz CT molecular complexity index is 1160. The molecule has 0 bridgehead atoms. The minimum atomic E-state index is -0.301. The van der Waals surface area contributed by atoms with E-state index in [4.69, 9.17) is 4.74 Å². The number of carbonyl (C=O) groups excluding carboxylic acids is 2. The number of benzene rings is 3. The molecule has 0 radical (unpaired) electrons.